The normalized spacial score (nSPS) is 10.9. The number of rotatable bonds is 6. The van der Waals surface area contributed by atoms with E-state index in [0.29, 0.717) is 22.9 Å². The van der Waals surface area contributed by atoms with Gasteiger partial charge in [-0.15, -0.1) is 0 Å². The highest BCUT2D eigenvalue weighted by Gasteiger charge is 2.22. The minimum absolute atomic E-state index is 0.0979. The van der Waals surface area contributed by atoms with Gasteiger partial charge >= 0.3 is 0 Å². The Balaban J connectivity index is 1.44. The number of para-hydroxylation sites is 1. The Morgan fingerprint density at radius 3 is 2.36 bits per heavy atom. The zero-order valence-corrected chi connectivity index (χ0v) is 22.2. The van der Waals surface area contributed by atoms with Gasteiger partial charge in [0.2, 0.25) is 0 Å². The highest BCUT2D eigenvalue weighted by atomic mass is 16.5. The average Bonchev–Trinajstić information content (AvgIpc) is 3.17. The predicted octanol–water partition coefficient (Wildman–Crippen LogP) is 5.36. The van der Waals surface area contributed by atoms with Gasteiger partial charge in [-0.3, -0.25) is 14.3 Å². The number of amides is 1. The van der Waals surface area contributed by atoms with Crippen molar-refractivity contribution in [1.29, 1.82) is 0 Å². The van der Waals surface area contributed by atoms with E-state index in [1.165, 1.54) is 4.68 Å². The van der Waals surface area contributed by atoms with E-state index in [0.717, 1.165) is 33.6 Å². The Labute approximate surface area is 226 Å². The number of methoxy groups -OCH3 is 1. The Hall–Kier alpha value is -5.11. The topological polar surface area (TPSA) is 104 Å². The minimum Gasteiger partial charge on any atom is -0.497 e. The maximum atomic E-state index is 13.2. The van der Waals surface area contributed by atoms with Gasteiger partial charge in [0.05, 0.1) is 18.5 Å². The van der Waals surface area contributed by atoms with Crippen LogP contribution in [-0.2, 0) is 7.05 Å². The number of ether oxygens (including phenoxy) is 1. The minimum atomic E-state index is -0.465. The molecule has 0 radical (unpaired) electrons. The van der Waals surface area contributed by atoms with Crippen LogP contribution in [0, 0.1) is 13.8 Å². The molecule has 0 saturated heterocycles. The molecule has 0 atom stereocenters. The molecule has 0 aliphatic heterocycles. The quantitative estimate of drug-likeness (QED) is 0.314. The van der Waals surface area contributed by atoms with Gasteiger partial charge in [0.15, 0.2) is 0 Å². The average molecular weight is 520 g/mol. The van der Waals surface area contributed by atoms with E-state index in [1.807, 2.05) is 73.7 Å². The van der Waals surface area contributed by atoms with E-state index in [9.17, 15) is 9.59 Å². The number of carbonyl (C=O) groups excluding carboxylic acids is 1. The molecule has 2 aromatic heterocycles. The van der Waals surface area contributed by atoms with Crippen LogP contribution in [0.15, 0.2) is 89.9 Å². The molecular weight excluding hydrogens is 490 g/mol. The van der Waals surface area contributed by atoms with E-state index in [2.05, 4.69) is 10.3 Å². The molecular formula is C31H29N5O3. The zero-order chi connectivity index (χ0) is 27.7. The lowest BCUT2D eigenvalue weighted by molar-refractivity contribution is 0.102. The summed E-state index contributed by atoms with van der Waals surface area (Å²) in [5, 5.41) is 2.86. The van der Waals surface area contributed by atoms with Gasteiger partial charge in [0.25, 0.3) is 11.5 Å². The first-order valence-corrected chi connectivity index (χ1v) is 12.5. The molecule has 0 fully saturated rings. The van der Waals surface area contributed by atoms with Crippen LogP contribution in [0.5, 0.6) is 5.75 Å². The Morgan fingerprint density at radius 2 is 1.67 bits per heavy atom. The maximum Gasteiger partial charge on any atom is 0.284 e. The number of nitrogens with two attached hydrogens (primary N) is 1. The zero-order valence-electron chi connectivity index (χ0n) is 22.2. The molecule has 3 aromatic carbocycles. The first-order chi connectivity index (χ1) is 18.8. The summed E-state index contributed by atoms with van der Waals surface area (Å²) in [4.78, 5) is 30.8. The van der Waals surface area contributed by atoms with E-state index in [4.69, 9.17) is 10.5 Å². The third-order valence-electron chi connectivity index (χ3n) is 6.96. The number of anilines is 2. The number of hydrogen-bond donors (Lipinski definition) is 2. The fraction of sp³-hybridized carbons (Fsp3) is 0.129. The highest BCUT2D eigenvalue weighted by Crippen LogP contribution is 2.36. The van der Waals surface area contributed by atoms with Gasteiger partial charge in [0.1, 0.15) is 17.1 Å². The number of hydrogen-bond acceptors (Lipinski definition) is 5. The fourth-order valence-corrected chi connectivity index (χ4v) is 4.81. The molecule has 0 bridgehead atoms. The SMILES string of the molecule is COc1cccc(-c2cnc(N)c(-c3ccc(NC(=O)c4c(C)n(C)n(-c5ccccc5)c4=O)cc3)c2C)c1. The Kier molecular flexibility index (Phi) is 6.77. The van der Waals surface area contributed by atoms with Crippen LogP contribution in [0.25, 0.3) is 27.9 Å². The van der Waals surface area contributed by atoms with Crippen molar-refractivity contribution in [3.8, 4) is 33.7 Å². The van der Waals surface area contributed by atoms with E-state index in [-0.39, 0.29) is 11.1 Å². The second-order valence-corrected chi connectivity index (χ2v) is 9.26. The number of nitrogens with one attached hydrogen (secondary N) is 1. The third-order valence-corrected chi connectivity index (χ3v) is 6.96. The van der Waals surface area contributed by atoms with Crippen molar-refractivity contribution in [2.24, 2.45) is 7.05 Å². The van der Waals surface area contributed by atoms with Crippen LogP contribution >= 0.6 is 0 Å². The largest absolute Gasteiger partial charge is 0.497 e. The number of aromatic nitrogens is 3. The van der Waals surface area contributed by atoms with Crippen molar-refractivity contribution >= 4 is 17.4 Å². The van der Waals surface area contributed by atoms with Crippen molar-refractivity contribution in [3.05, 3.63) is 112 Å². The van der Waals surface area contributed by atoms with Crippen molar-refractivity contribution in [3.63, 3.8) is 0 Å². The lowest BCUT2D eigenvalue weighted by atomic mass is 9.94. The van der Waals surface area contributed by atoms with Crippen molar-refractivity contribution < 1.29 is 9.53 Å². The molecule has 8 nitrogen and oxygen atoms in total. The molecule has 39 heavy (non-hydrogen) atoms. The molecule has 0 spiro atoms. The number of benzene rings is 3. The summed E-state index contributed by atoms with van der Waals surface area (Å²) < 4.78 is 8.55. The Morgan fingerprint density at radius 1 is 0.949 bits per heavy atom. The number of nitrogen functional groups attached to an aromatic ring is 1. The molecule has 0 unspecified atom stereocenters. The van der Waals surface area contributed by atoms with Gasteiger partial charge in [-0.2, -0.15) is 0 Å². The molecule has 1 amide bonds. The molecule has 5 rings (SSSR count). The van der Waals surface area contributed by atoms with E-state index >= 15 is 0 Å². The molecule has 5 aromatic rings. The molecule has 3 N–H and O–H groups in total. The van der Waals surface area contributed by atoms with Crippen LogP contribution in [0.4, 0.5) is 11.5 Å². The molecule has 0 aliphatic rings. The van der Waals surface area contributed by atoms with Crippen LogP contribution in [0.2, 0.25) is 0 Å². The summed E-state index contributed by atoms with van der Waals surface area (Å²) in [6.45, 7) is 3.76. The van der Waals surface area contributed by atoms with Gasteiger partial charge in [0, 0.05) is 30.1 Å². The van der Waals surface area contributed by atoms with E-state index in [1.54, 1.807) is 44.1 Å². The predicted molar refractivity (Wildman–Crippen MR) is 155 cm³/mol. The third kappa shape index (κ3) is 4.68. The summed E-state index contributed by atoms with van der Waals surface area (Å²) in [6.07, 6.45) is 1.77. The maximum absolute atomic E-state index is 13.2. The second-order valence-electron chi connectivity index (χ2n) is 9.26. The standard InChI is InChI=1S/C31H29N5O3/c1-19-26(22-9-8-12-25(17-22)39-4)18-33-29(32)27(19)21-13-15-23(16-14-21)34-30(37)28-20(2)35(3)36(31(28)38)24-10-6-5-7-11-24/h5-18H,1-4H3,(H2,32,33)(H,34,37). The molecule has 8 heteroatoms. The van der Waals surface area contributed by atoms with Crippen LogP contribution < -0.4 is 21.3 Å². The summed E-state index contributed by atoms with van der Waals surface area (Å²) in [6, 6.07) is 24.4. The fourth-order valence-electron chi connectivity index (χ4n) is 4.81. The smallest absolute Gasteiger partial charge is 0.284 e. The van der Waals surface area contributed by atoms with Gasteiger partial charge in [-0.25, -0.2) is 9.67 Å². The molecule has 2 heterocycles. The van der Waals surface area contributed by atoms with Gasteiger partial charge in [-0.05, 0) is 66.9 Å². The lowest BCUT2D eigenvalue weighted by Crippen LogP contribution is -2.25. The van der Waals surface area contributed by atoms with Crippen molar-refractivity contribution in [2.45, 2.75) is 13.8 Å². The van der Waals surface area contributed by atoms with Crippen molar-refractivity contribution in [1.82, 2.24) is 14.3 Å². The first kappa shape index (κ1) is 25.5. The van der Waals surface area contributed by atoms with Crippen LogP contribution in [0.1, 0.15) is 21.6 Å². The summed E-state index contributed by atoms with van der Waals surface area (Å²) >= 11 is 0. The molecule has 196 valence electrons. The van der Waals surface area contributed by atoms with Crippen LogP contribution in [0.3, 0.4) is 0 Å². The highest BCUT2D eigenvalue weighted by molar-refractivity contribution is 6.05. The first-order valence-electron chi connectivity index (χ1n) is 12.5. The number of nitrogens with zero attached hydrogens (tertiary/aromatic N) is 3. The summed E-state index contributed by atoms with van der Waals surface area (Å²) in [5.41, 5.74) is 12.4. The number of carbonyl (C=O) groups is 1. The van der Waals surface area contributed by atoms with Crippen molar-refractivity contribution in [2.75, 3.05) is 18.2 Å². The Bertz CT molecular complexity index is 1740. The molecule has 0 saturated carbocycles. The summed E-state index contributed by atoms with van der Waals surface area (Å²) in [7, 11) is 3.40. The van der Waals surface area contributed by atoms with Gasteiger partial charge < -0.3 is 15.8 Å². The summed E-state index contributed by atoms with van der Waals surface area (Å²) in [5.74, 6) is 0.708. The van der Waals surface area contributed by atoms with E-state index < -0.39 is 5.91 Å². The van der Waals surface area contributed by atoms with Gasteiger partial charge in [-0.1, -0.05) is 42.5 Å². The molecule has 0 aliphatic carbocycles. The lowest BCUT2D eigenvalue weighted by Gasteiger charge is -2.15. The monoisotopic (exact) mass is 519 g/mol. The number of pyridine rings is 1. The van der Waals surface area contributed by atoms with Crippen LogP contribution in [-0.4, -0.2) is 27.4 Å². The second kappa shape index (κ2) is 10.3.